The zero-order chi connectivity index (χ0) is 22.8. The van der Waals surface area contributed by atoms with Crippen LogP contribution in [0.3, 0.4) is 0 Å². The molecule has 2 aliphatic heterocycles. The van der Waals surface area contributed by atoms with Crippen molar-refractivity contribution < 1.29 is 14.4 Å². The lowest BCUT2D eigenvalue weighted by Gasteiger charge is -2.33. The molecule has 2 saturated heterocycles. The molecular formula is C27H23N3O3. The average molecular weight is 437 g/mol. The summed E-state index contributed by atoms with van der Waals surface area (Å²) in [6, 6.07) is 24.4. The lowest BCUT2D eigenvalue weighted by Crippen LogP contribution is -2.57. The van der Waals surface area contributed by atoms with E-state index in [1.54, 1.807) is 66.7 Å². The number of carbonyl (C=O) groups is 3. The molecule has 0 aromatic heterocycles. The van der Waals surface area contributed by atoms with Crippen LogP contribution < -0.4 is 14.7 Å². The highest BCUT2D eigenvalue weighted by atomic mass is 16.2. The third kappa shape index (κ3) is 3.91. The number of urea groups is 1. The van der Waals surface area contributed by atoms with Crippen molar-refractivity contribution in [1.29, 1.82) is 0 Å². The molecular weight excluding hydrogens is 414 g/mol. The summed E-state index contributed by atoms with van der Waals surface area (Å²) >= 11 is 0. The van der Waals surface area contributed by atoms with Crippen molar-refractivity contribution in [2.24, 2.45) is 0 Å². The Balaban J connectivity index is 1.55. The summed E-state index contributed by atoms with van der Waals surface area (Å²) in [5.74, 6) is -1.26. The molecule has 0 atom stereocenters. The van der Waals surface area contributed by atoms with Crippen molar-refractivity contribution in [3.8, 4) is 0 Å². The summed E-state index contributed by atoms with van der Waals surface area (Å²) in [5.41, 5.74) is 2.62. The van der Waals surface area contributed by atoms with Gasteiger partial charge in [0, 0.05) is 18.8 Å². The van der Waals surface area contributed by atoms with Crippen LogP contribution in [0.5, 0.6) is 0 Å². The Kier molecular flexibility index (Phi) is 5.48. The molecule has 5 rings (SSSR count). The number of barbiturate groups is 1. The van der Waals surface area contributed by atoms with Crippen LogP contribution in [0.25, 0.3) is 6.08 Å². The number of hydrogen-bond acceptors (Lipinski definition) is 4. The minimum atomic E-state index is -0.691. The molecule has 2 fully saturated rings. The lowest BCUT2D eigenvalue weighted by molar-refractivity contribution is -0.121. The van der Waals surface area contributed by atoms with Gasteiger partial charge in [-0.15, -0.1) is 0 Å². The largest absolute Gasteiger partial charge is 0.372 e. The molecule has 4 amide bonds. The maximum absolute atomic E-state index is 13.4. The second-order valence-electron chi connectivity index (χ2n) is 8.08. The van der Waals surface area contributed by atoms with Crippen molar-refractivity contribution >= 4 is 41.0 Å². The van der Waals surface area contributed by atoms with Crippen molar-refractivity contribution in [2.75, 3.05) is 27.8 Å². The van der Waals surface area contributed by atoms with Gasteiger partial charge in [-0.2, -0.15) is 0 Å². The van der Waals surface area contributed by atoms with Crippen molar-refractivity contribution in [3.63, 3.8) is 0 Å². The average Bonchev–Trinajstić information content (AvgIpc) is 3.39. The molecule has 0 N–H and O–H groups in total. The number of nitrogens with zero attached hydrogens (tertiary/aromatic N) is 3. The summed E-state index contributed by atoms with van der Waals surface area (Å²) in [6.07, 6.45) is 3.94. The number of imide groups is 2. The number of amides is 4. The maximum atomic E-state index is 13.4. The molecule has 0 aliphatic carbocycles. The third-order valence-corrected chi connectivity index (χ3v) is 5.95. The Labute approximate surface area is 192 Å². The van der Waals surface area contributed by atoms with Crippen molar-refractivity contribution in [1.82, 2.24) is 0 Å². The number of anilines is 3. The van der Waals surface area contributed by atoms with Crippen LogP contribution in [0, 0.1) is 0 Å². The van der Waals surface area contributed by atoms with Gasteiger partial charge in [0.1, 0.15) is 5.57 Å². The third-order valence-electron chi connectivity index (χ3n) is 5.95. The molecule has 2 aliphatic rings. The van der Waals surface area contributed by atoms with Crippen LogP contribution >= 0.6 is 0 Å². The van der Waals surface area contributed by atoms with E-state index >= 15 is 0 Å². The first-order valence-corrected chi connectivity index (χ1v) is 11.0. The molecule has 0 radical (unpaired) electrons. The number of benzene rings is 3. The van der Waals surface area contributed by atoms with Crippen molar-refractivity contribution in [3.05, 3.63) is 96.1 Å². The first-order chi connectivity index (χ1) is 16.1. The standard InChI is InChI=1S/C27H23N3O3/c31-25-24(19-20-13-15-21(16-14-20)28-17-7-8-18-28)26(32)30(23-11-5-2-6-12-23)27(33)29(25)22-9-3-1-4-10-22/h1-6,9-16,19H,7-8,17-18H2. The molecule has 3 aromatic rings. The number of rotatable bonds is 4. The lowest BCUT2D eigenvalue weighted by atomic mass is 10.0. The second-order valence-corrected chi connectivity index (χ2v) is 8.08. The van der Waals surface area contributed by atoms with Gasteiger partial charge in [-0.3, -0.25) is 9.59 Å². The predicted octanol–water partition coefficient (Wildman–Crippen LogP) is 4.87. The maximum Gasteiger partial charge on any atom is 0.343 e. The quantitative estimate of drug-likeness (QED) is 0.432. The molecule has 3 aromatic carbocycles. The number of para-hydroxylation sites is 2. The van der Waals surface area contributed by atoms with Crippen LogP contribution in [0.15, 0.2) is 90.5 Å². The Morgan fingerprint density at radius 2 is 1.06 bits per heavy atom. The fraction of sp³-hybridized carbons (Fsp3) is 0.148. The summed E-state index contributed by atoms with van der Waals surface area (Å²) in [6.45, 7) is 2.08. The molecule has 164 valence electrons. The van der Waals surface area contributed by atoms with E-state index in [1.807, 2.05) is 24.3 Å². The molecule has 2 heterocycles. The summed E-state index contributed by atoms with van der Waals surface area (Å²) in [7, 11) is 0. The van der Waals surface area contributed by atoms with Gasteiger partial charge in [0.05, 0.1) is 11.4 Å². The van der Waals surface area contributed by atoms with Gasteiger partial charge in [0.2, 0.25) is 0 Å². The van der Waals surface area contributed by atoms with Crippen LogP contribution in [0.2, 0.25) is 0 Å². The zero-order valence-corrected chi connectivity index (χ0v) is 18.1. The number of carbonyl (C=O) groups excluding carboxylic acids is 3. The van der Waals surface area contributed by atoms with E-state index in [9.17, 15) is 14.4 Å². The Hall–Kier alpha value is -4.19. The Bertz CT molecular complexity index is 1150. The minimum Gasteiger partial charge on any atom is -0.372 e. The molecule has 0 unspecified atom stereocenters. The molecule has 6 heteroatoms. The van der Waals surface area contributed by atoms with E-state index in [1.165, 1.54) is 12.8 Å². The normalized spacial score (nSPS) is 16.5. The van der Waals surface area contributed by atoms with Gasteiger partial charge in [-0.25, -0.2) is 14.6 Å². The van der Waals surface area contributed by atoms with E-state index in [2.05, 4.69) is 4.90 Å². The SMILES string of the molecule is O=C1C(=Cc2ccc(N3CCCC3)cc2)C(=O)N(c2ccccc2)C(=O)N1c1ccccc1. The Morgan fingerprint density at radius 1 is 0.576 bits per heavy atom. The van der Waals surface area contributed by atoms with Gasteiger partial charge in [0.25, 0.3) is 11.8 Å². The van der Waals surface area contributed by atoms with E-state index in [0.29, 0.717) is 11.4 Å². The topological polar surface area (TPSA) is 60.9 Å². The van der Waals surface area contributed by atoms with E-state index in [-0.39, 0.29) is 5.57 Å². The monoisotopic (exact) mass is 437 g/mol. The highest BCUT2D eigenvalue weighted by Crippen LogP contribution is 2.30. The summed E-state index contributed by atoms with van der Waals surface area (Å²) in [5, 5.41) is 0. The summed E-state index contributed by atoms with van der Waals surface area (Å²) in [4.78, 5) is 44.5. The molecule has 6 nitrogen and oxygen atoms in total. The first-order valence-electron chi connectivity index (χ1n) is 11.0. The highest BCUT2D eigenvalue weighted by molar-refractivity contribution is 6.46. The smallest absolute Gasteiger partial charge is 0.343 e. The van der Waals surface area contributed by atoms with Crippen LogP contribution in [0.1, 0.15) is 18.4 Å². The molecule has 33 heavy (non-hydrogen) atoms. The van der Waals surface area contributed by atoms with Gasteiger partial charge < -0.3 is 4.90 Å². The summed E-state index contributed by atoms with van der Waals surface area (Å²) < 4.78 is 0. The number of hydrogen-bond donors (Lipinski definition) is 0. The molecule has 0 bridgehead atoms. The predicted molar refractivity (Wildman–Crippen MR) is 129 cm³/mol. The second kappa shape index (κ2) is 8.74. The Morgan fingerprint density at radius 3 is 1.55 bits per heavy atom. The molecule has 0 saturated carbocycles. The van der Waals surface area contributed by atoms with Crippen LogP contribution in [-0.4, -0.2) is 30.9 Å². The van der Waals surface area contributed by atoms with Crippen LogP contribution in [0.4, 0.5) is 21.9 Å². The highest BCUT2D eigenvalue weighted by Gasteiger charge is 2.43. The van der Waals surface area contributed by atoms with Gasteiger partial charge in [-0.1, -0.05) is 48.5 Å². The molecule has 0 spiro atoms. The van der Waals surface area contributed by atoms with E-state index < -0.39 is 17.8 Å². The fourth-order valence-electron chi connectivity index (χ4n) is 4.26. The van der Waals surface area contributed by atoms with Gasteiger partial charge >= 0.3 is 6.03 Å². The minimum absolute atomic E-state index is 0.0590. The van der Waals surface area contributed by atoms with Gasteiger partial charge in [-0.05, 0) is 60.9 Å². The first kappa shape index (κ1) is 20.7. The fourth-order valence-corrected chi connectivity index (χ4v) is 4.26. The van der Waals surface area contributed by atoms with Crippen LogP contribution in [-0.2, 0) is 9.59 Å². The zero-order valence-electron chi connectivity index (χ0n) is 18.1. The van der Waals surface area contributed by atoms with Gasteiger partial charge in [0.15, 0.2) is 0 Å². The van der Waals surface area contributed by atoms with E-state index in [0.717, 1.165) is 34.1 Å². The van der Waals surface area contributed by atoms with Crippen molar-refractivity contribution in [2.45, 2.75) is 12.8 Å². The van der Waals surface area contributed by atoms with E-state index in [4.69, 9.17) is 0 Å².